The smallest absolute Gasteiger partial charge is 0.123 e. The van der Waals surface area contributed by atoms with Crippen LogP contribution in [0.15, 0.2) is 18.2 Å². The fourth-order valence-electron chi connectivity index (χ4n) is 2.24. The minimum Gasteiger partial charge on any atom is -0.493 e. The molecule has 1 rings (SSSR count). The molecule has 1 radical (unpaired) electrons. The van der Waals surface area contributed by atoms with Crippen molar-refractivity contribution in [2.45, 2.75) is 71.6 Å². The van der Waals surface area contributed by atoms with Gasteiger partial charge in [0.15, 0.2) is 0 Å². The van der Waals surface area contributed by atoms with Crippen molar-refractivity contribution in [3.05, 3.63) is 29.3 Å². The summed E-state index contributed by atoms with van der Waals surface area (Å²) in [5.41, 5.74) is 2.87. The molecule has 0 N–H and O–H groups in total. The van der Waals surface area contributed by atoms with E-state index in [0.717, 1.165) is 18.6 Å². The summed E-state index contributed by atoms with van der Waals surface area (Å²) in [7, 11) is 0. The lowest BCUT2D eigenvalue weighted by molar-refractivity contribution is 0.164. The normalized spacial score (nSPS) is 12.5. The summed E-state index contributed by atoms with van der Waals surface area (Å²) in [6, 6.07) is 6.56. The van der Waals surface area contributed by atoms with Gasteiger partial charge in [-0.3, -0.25) is 0 Å². The zero-order chi connectivity index (χ0) is 16.1. The summed E-state index contributed by atoms with van der Waals surface area (Å²) in [6.07, 6.45) is 2.73. The van der Waals surface area contributed by atoms with Crippen LogP contribution in [0.25, 0.3) is 0 Å². The highest BCUT2D eigenvalue weighted by molar-refractivity contribution is 5.44. The number of rotatable bonds is 8. The second-order valence-electron chi connectivity index (χ2n) is 7.09. The van der Waals surface area contributed by atoms with Crippen LogP contribution < -0.4 is 4.74 Å². The fraction of sp³-hybridized carbons (Fsp3) is 0.684. The van der Waals surface area contributed by atoms with Gasteiger partial charge in [0.05, 0.1) is 13.2 Å². The number of hydrogen-bond acceptors (Lipinski definition) is 1. The number of hydrogen-bond donors (Lipinski definition) is 0. The Bertz CT molecular complexity index is 447. The average Bonchev–Trinajstić information content (AvgIpc) is 2.47. The molecular formula is C19H31O2. The second-order valence-corrected chi connectivity index (χ2v) is 7.09. The van der Waals surface area contributed by atoms with Crippen LogP contribution in [-0.4, -0.2) is 13.2 Å². The largest absolute Gasteiger partial charge is 0.493 e. The molecular weight excluding hydrogens is 260 g/mol. The van der Waals surface area contributed by atoms with E-state index in [1.807, 2.05) is 0 Å². The molecule has 0 atom stereocenters. The van der Waals surface area contributed by atoms with Crippen LogP contribution in [0, 0.1) is 0 Å². The Morgan fingerprint density at radius 1 is 1.00 bits per heavy atom. The van der Waals surface area contributed by atoms with Gasteiger partial charge in [-0.2, -0.15) is 0 Å². The van der Waals surface area contributed by atoms with Crippen molar-refractivity contribution in [1.29, 1.82) is 0 Å². The lowest BCUT2D eigenvalue weighted by Crippen LogP contribution is -2.21. The van der Waals surface area contributed by atoms with Crippen molar-refractivity contribution < 1.29 is 9.84 Å². The molecule has 21 heavy (non-hydrogen) atoms. The second kappa shape index (κ2) is 7.31. The van der Waals surface area contributed by atoms with Crippen molar-refractivity contribution >= 4 is 0 Å². The number of benzene rings is 1. The Hall–Kier alpha value is -1.02. The first-order valence-corrected chi connectivity index (χ1v) is 8.14. The van der Waals surface area contributed by atoms with Crippen molar-refractivity contribution in [3.63, 3.8) is 0 Å². The summed E-state index contributed by atoms with van der Waals surface area (Å²) in [6.45, 7) is 13.9. The third kappa shape index (κ3) is 4.47. The van der Waals surface area contributed by atoms with Gasteiger partial charge in [0, 0.05) is 12.0 Å². The van der Waals surface area contributed by atoms with Crippen LogP contribution in [0.5, 0.6) is 5.75 Å². The van der Waals surface area contributed by atoms with E-state index >= 15 is 0 Å². The molecule has 1 aromatic carbocycles. The van der Waals surface area contributed by atoms with E-state index in [1.54, 1.807) is 0 Å². The molecule has 0 aliphatic heterocycles. The van der Waals surface area contributed by atoms with Gasteiger partial charge in [-0.1, -0.05) is 53.7 Å². The predicted octanol–water partition coefficient (Wildman–Crippen LogP) is 5.26. The highest BCUT2D eigenvalue weighted by Crippen LogP contribution is 2.38. The van der Waals surface area contributed by atoms with E-state index in [4.69, 9.17) is 4.74 Å². The topological polar surface area (TPSA) is 29.1 Å². The maximum Gasteiger partial charge on any atom is 0.123 e. The molecule has 0 aliphatic rings. The van der Waals surface area contributed by atoms with E-state index in [2.05, 4.69) is 59.7 Å². The Labute approximate surface area is 130 Å². The molecule has 2 heteroatoms. The van der Waals surface area contributed by atoms with Gasteiger partial charge in [0.2, 0.25) is 0 Å². The van der Waals surface area contributed by atoms with Crippen molar-refractivity contribution in [3.8, 4) is 5.75 Å². The molecule has 0 bridgehead atoms. The molecule has 0 amide bonds. The van der Waals surface area contributed by atoms with Crippen LogP contribution >= 0.6 is 0 Å². The summed E-state index contributed by atoms with van der Waals surface area (Å²) in [5.74, 6) is 0.936. The molecule has 0 unspecified atom stereocenters. The zero-order valence-corrected chi connectivity index (χ0v) is 14.6. The molecule has 1 aromatic rings. The SMILES string of the molecule is CCC(C)(C)c1ccc(OCCC[O])c(C(C)(C)CC)c1. The first-order valence-electron chi connectivity index (χ1n) is 8.14. The van der Waals surface area contributed by atoms with Gasteiger partial charge in [-0.25, -0.2) is 5.11 Å². The summed E-state index contributed by atoms with van der Waals surface area (Å²) in [4.78, 5) is 0. The maximum atomic E-state index is 10.6. The lowest BCUT2D eigenvalue weighted by Gasteiger charge is -2.30. The van der Waals surface area contributed by atoms with Crippen molar-refractivity contribution in [2.75, 3.05) is 13.2 Å². The minimum absolute atomic E-state index is 0.0759. The van der Waals surface area contributed by atoms with Crippen molar-refractivity contribution in [2.24, 2.45) is 0 Å². The molecule has 0 spiro atoms. The molecule has 0 heterocycles. The highest BCUT2D eigenvalue weighted by atomic mass is 16.5. The number of ether oxygens (including phenoxy) is 1. The van der Waals surface area contributed by atoms with Crippen LogP contribution in [0.2, 0.25) is 0 Å². The van der Waals surface area contributed by atoms with Gasteiger partial charge >= 0.3 is 0 Å². The van der Waals surface area contributed by atoms with E-state index in [1.165, 1.54) is 11.1 Å². The van der Waals surface area contributed by atoms with Crippen LogP contribution in [0.1, 0.15) is 71.9 Å². The molecule has 119 valence electrons. The highest BCUT2D eigenvalue weighted by Gasteiger charge is 2.26. The quantitative estimate of drug-likeness (QED) is 0.600. The molecule has 2 nitrogen and oxygen atoms in total. The lowest BCUT2D eigenvalue weighted by atomic mass is 9.76. The standard InChI is InChI=1S/C19H31O2/c1-7-18(3,4)15-10-11-17(21-13-9-12-20)16(14-15)19(5,6)8-2/h10-11,14H,7-9,12-13H2,1-6H3. The minimum atomic E-state index is -0.0759. The Morgan fingerprint density at radius 3 is 2.14 bits per heavy atom. The molecule has 0 aliphatic carbocycles. The van der Waals surface area contributed by atoms with E-state index < -0.39 is 0 Å². The van der Waals surface area contributed by atoms with Crippen LogP contribution in [0.3, 0.4) is 0 Å². The van der Waals surface area contributed by atoms with Gasteiger partial charge in [-0.15, -0.1) is 0 Å². The van der Waals surface area contributed by atoms with Crippen LogP contribution in [0.4, 0.5) is 0 Å². The third-order valence-electron chi connectivity index (χ3n) is 4.80. The van der Waals surface area contributed by atoms with Crippen molar-refractivity contribution in [1.82, 2.24) is 0 Å². The summed E-state index contributed by atoms with van der Waals surface area (Å²) < 4.78 is 5.87. The van der Waals surface area contributed by atoms with E-state index in [-0.39, 0.29) is 17.4 Å². The van der Waals surface area contributed by atoms with Gasteiger partial charge < -0.3 is 4.74 Å². The fourth-order valence-corrected chi connectivity index (χ4v) is 2.24. The van der Waals surface area contributed by atoms with Gasteiger partial charge in [0.1, 0.15) is 5.75 Å². The monoisotopic (exact) mass is 291 g/mol. The van der Waals surface area contributed by atoms with Gasteiger partial charge in [0.25, 0.3) is 0 Å². The van der Waals surface area contributed by atoms with Crippen LogP contribution in [-0.2, 0) is 15.9 Å². The Morgan fingerprint density at radius 2 is 1.62 bits per heavy atom. The zero-order valence-electron chi connectivity index (χ0n) is 14.6. The first kappa shape index (κ1) is 18.0. The predicted molar refractivity (Wildman–Crippen MR) is 88.7 cm³/mol. The maximum absolute atomic E-state index is 10.6. The third-order valence-corrected chi connectivity index (χ3v) is 4.80. The first-order chi connectivity index (χ1) is 9.78. The Balaban J connectivity index is 3.20. The molecule has 0 fully saturated rings. The van der Waals surface area contributed by atoms with E-state index in [9.17, 15) is 5.11 Å². The molecule has 0 saturated carbocycles. The molecule has 0 aromatic heterocycles. The Kier molecular flexibility index (Phi) is 6.27. The van der Waals surface area contributed by atoms with Gasteiger partial charge in [-0.05, 0) is 35.3 Å². The molecule has 0 saturated heterocycles. The summed E-state index contributed by atoms with van der Waals surface area (Å²) >= 11 is 0. The van der Waals surface area contributed by atoms with E-state index in [0.29, 0.717) is 13.0 Å². The average molecular weight is 291 g/mol. The summed E-state index contributed by atoms with van der Waals surface area (Å²) in [5, 5.41) is 10.6.